The maximum Gasteiger partial charge on any atom is 0.220 e. The number of nitrogens with zero attached hydrogens (tertiary/aromatic N) is 1. The zero-order valence-electron chi connectivity index (χ0n) is 9.93. The van der Waals surface area contributed by atoms with E-state index in [1.807, 2.05) is 18.2 Å². The number of nitrogens with one attached hydrogen (secondary N) is 1. The van der Waals surface area contributed by atoms with E-state index in [0.29, 0.717) is 12.8 Å². The van der Waals surface area contributed by atoms with E-state index in [-0.39, 0.29) is 18.0 Å². The molecule has 1 aromatic rings. The first-order valence-electron chi connectivity index (χ1n) is 6.20. The first-order valence-corrected chi connectivity index (χ1v) is 6.20. The van der Waals surface area contributed by atoms with E-state index in [0.717, 1.165) is 25.0 Å². The maximum absolute atomic E-state index is 11.7. The van der Waals surface area contributed by atoms with Gasteiger partial charge < -0.3 is 11.1 Å². The molecule has 0 saturated heterocycles. The second-order valence-electron chi connectivity index (χ2n) is 4.59. The SMILES string of the molecule is NC1CCCC1NC(=O)CCc1ccccn1. The van der Waals surface area contributed by atoms with Gasteiger partial charge in [-0.1, -0.05) is 6.07 Å². The average molecular weight is 233 g/mol. The van der Waals surface area contributed by atoms with Crippen LogP contribution in [0.5, 0.6) is 0 Å². The summed E-state index contributed by atoms with van der Waals surface area (Å²) >= 11 is 0. The van der Waals surface area contributed by atoms with Gasteiger partial charge in [0, 0.05) is 30.4 Å². The first kappa shape index (κ1) is 12.0. The predicted octanol–water partition coefficient (Wildman–Crippen LogP) is 1.01. The van der Waals surface area contributed by atoms with Crippen LogP contribution >= 0.6 is 0 Å². The second kappa shape index (κ2) is 5.77. The molecule has 92 valence electrons. The molecule has 0 aromatic carbocycles. The van der Waals surface area contributed by atoms with Crippen molar-refractivity contribution in [3.63, 3.8) is 0 Å². The highest BCUT2D eigenvalue weighted by Gasteiger charge is 2.24. The molecule has 4 nitrogen and oxygen atoms in total. The van der Waals surface area contributed by atoms with Gasteiger partial charge in [-0.05, 0) is 37.8 Å². The standard InChI is InChI=1S/C13H19N3O/c14-11-5-3-6-12(11)16-13(17)8-7-10-4-1-2-9-15-10/h1-2,4,9,11-12H,3,5-8,14H2,(H,16,17). The van der Waals surface area contributed by atoms with Crippen molar-refractivity contribution in [2.24, 2.45) is 5.73 Å². The molecule has 0 bridgehead atoms. The molecule has 2 atom stereocenters. The molecule has 1 aliphatic carbocycles. The highest BCUT2D eigenvalue weighted by molar-refractivity contribution is 5.76. The monoisotopic (exact) mass is 233 g/mol. The number of carbonyl (C=O) groups is 1. The van der Waals surface area contributed by atoms with Gasteiger partial charge in [0.05, 0.1) is 0 Å². The molecule has 1 fully saturated rings. The minimum absolute atomic E-state index is 0.0815. The number of amides is 1. The number of hydrogen-bond donors (Lipinski definition) is 2. The number of nitrogens with two attached hydrogens (primary N) is 1. The Morgan fingerprint density at radius 3 is 3.00 bits per heavy atom. The fourth-order valence-corrected chi connectivity index (χ4v) is 2.23. The Morgan fingerprint density at radius 1 is 1.47 bits per heavy atom. The summed E-state index contributed by atoms with van der Waals surface area (Å²) in [4.78, 5) is 15.9. The minimum Gasteiger partial charge on any atom is -0.352 e. The third-order valence-electron chi connectivity index (χ3n) is 3.25. The summed E-state index contributed by atoms with van der Waals surface area (Å²) in [6.45, 7) is 0. The van der Waals surface area contributed by atoms with Crippen LogP contribution in [-0.4, -0.2) is 23.0 Å². The first-order chi connectivity index (χ1) is 8.25. The number of hydrogen-bond acceptors (Lipinski definition) is 3. The van der Waals surface area contributed by atoms with Crippen molar-refractivity contribution >= 4 is 5.91 Å². The van der Waals surface area contributed by atoms with Gasteiger partial charge >= 0.3 is 0 Å². The van der Waals surface area contributed by atoms with Crippen molar-refractivity contribution in [3.8, 4) is 0 Å². The predicted molar refractivity (Wildman–Crippen MR) is 66.3 cm³/mol. The van der Waals surface area contributed by atoms with Crippen LogP contribution in [0.2, 0.25) is 0 Å². The molecule has 1 heterocycles. The number of carbonyl (C=O) groups excluding carboxylic acids is 1. The van der Waals surface area contributed by atoms with Gasteiger partial charge in [-0.3, -0.25) is 9.78 Å². The Balaban J connectivity index is 1.74. The lowest BCUT2D eigenvalue weighted by atomic mass is 10.1. The zero-order chi connectivity index (χ0) is 12.1. The smallest absolute Gasteiger partial charge is 0.220 e. The van der Waals surface area contributed by atoms with Crippen molar-refractivity contribution < 1.29 is 4.79 Å². The molecule has 1 amide bonds. The van der Waals surface area contributed by atoms with E-state index in [4.69, 9.17) is 5.73 Å². The molecule has 4 heteroatoms. The lowest BCUT2D eigenvalue weighted by molar-refractivity contribution is -0.121. The van der Waals surface area contributed by atoms with Gasteiger partial charge in [0.2, 0.25) is 5.91 Å². The van der Waals surface area contributed by atoms with Gasteiger partial charge in [-0.15, -0.1) is 0 Å². The largest absolute Gasteiger partial charge is 0.352 e. The van der Waals surface area contributed by atoms with Crippen molar-refractivity contribution in [2.45, 2.75) is 44.2 Å². The molecule has 0 aliphatic heterocycles. The van der Waals surface area contributed by atoms with Gasteiger partial charge in [0.1, 0.15) is 0 Å². The lowest BCUT2D eigenvalue weighted by Gasteiger charge is -2.16. The maximum atomic E-state index is 11.7. The highest BCUT2D eigenvalue weighted by atomic mass is 16.1. The molecule has 17 heavy (non-hydrogen) atoms. The highest BCUT2D eigenvalue weighted by Crippen LogP contribution is 2.17. The Kier molecular flexibility index (Phi) is 4.09. The quantitative estimate of drug-likeness (QED) is 0.815. The van der Waals surface area contributed by atoms with E-state index in [1.165, 1.54) is 0 Å². The van der Waals surface area contributed by atoms with E-state index in [9.17, 15) is 4.79 Å². The normalized spacial score (nSPS) is 23.6. The van der Waals surface area contributed by atoms with E-state index >= 15 is 0 Å². The lowest BCUT2D eigenvalue weighted by Crippen LogP contribution is -2.44. The summed E-state index contributed by atoms with van der Waals surface area (Å²) in [5, 5.41) is 3.01. The fraction of sp³-hybridized carbons (Fsp3) is 0.538. The van der Waals surface area contributed by atoms with Crippen molar-refractivity contribution in [1.82, 2.24) is 10.3 Å². The van der Waals surface area contributed by atoms with E-state index in [1.54, 1.807) is 6.20 Å². The molecule has 2 unspecified atom stereocenters. The third kappa shape index (κ3) is 3.53. The van der Waals surface area contributed by atoms with Crippen molar-refractivity contribution in [3.05, 3.63) is 30.1 Å². The van der Waals surface area contributed by atoms with Crippen molar-refractivity contribution in [2.75, 3.05) is 0 Å². The van der Waals surface area contributed by atoms with Crippen LogP contribution in [0.4, 0.5) is 0 Å². The Labute approximate surface area is 102 Å². The molecular weight excluding hydrogens is 214 g/mol. The van der Waals surface area contributed by atoms with Gasteiger partial charge in [-0.25, -0.2) is 0 Å². The summed E-state index contributed by atoms with van der Waals surface area (Å²) in [7, 11) is 0. The van der Waals surface area contributed by atoms with Crippen LogP contribution in [0.15, 0.2) is 24.4 Å². The van der Waals surface area contributed by atoms with Crippen LogP contribution < -0.4 is 11.1 Å². The molecular formula is C13H19N3O. The summed E-state index contributed by atoms with van der Waals surface area (Å²) < 4.78 is 0. The molecule has 2 rings (SSSR count). The van der Waals surface area contributed by atoms with Crippen molar-refractivity contribution in [1.29, 1.82) is 0 Å². The van der Waals surface area contributed by atoms with E-state index in [2.05, 4.69) is 10.3 Å². The zero-order valence-corrected chi connectivity index (χ0v) is 9.93. The number of pyridine rings is 1. The van der Waals surface area contributed by atoms with Gasteiger partial charge in [-0.2, -0.15) is 0 Å². The van der Waals surface area contributed by atoms with Crippen LogP contribution in [-0.2, 0) is 11.2 Å². The van der Waals surface area contributed by atoms with Crippen LogP contribution in [0.1, 0.15) is 31.4 Å². The Hall–Kier alpha value is -1.42. The molecule has 1 aromatic heterocycles. The van der Waals surface area contributed by atoms with Crippen LogP contribution in [0, 0.1) is 0 Å². The number of aryl methyl sites for hydroxylation is 1. The van der Waals surface area contributed by atoms with Crippen LogP contribution in [0.3, 0.4) is 0 Å². The number of aromatic nitrogens is 1. The Morgan fingerprint density at radius 2 is 2.35 bits per heavy atom. The van der Waals surface area contributed by atoms with Gasteiger partial charge in [0.25, 0.3) is 0 Å². The minimum atomic E-state index is 0.0815. The Bertz CT molecular complexity index is 366. The second-order valence-corrected chi connectivity index (χ2v) is 4.59. The topological polar surface area (TPSA) is 68.0 Å². The number of rotatable bonds is 4. The van der Waals surface area contributed by atoms with Gasteiger partial charge in [0.15, 0.2) is 0 Å². The molecule has 0 radical (unpaired) electrons. The third-order valence-corrected chi connectivity index (χ3v) is 3.25. The molecule has 3 N–H and O–H groups in total. The fourth-order valence-electron chi connectivity index (χ4n) is 2.23. The summed E-state index contributed by atoms with van der Waals surface area (Å²) in [6, 6.07) is 6.06. The summed E-state index contributed by atoms with van der Waals surface area (Å²) in [6.07, 6.45) is 6.07. The summed E-state index contributed by atoms with van der Waals surface area (Å²) in [5.41, 5.74) is 6.86. The summed E-state index contributed by atoms with van der Waals surface area (Å²) in [5.74, 6) is 0.0815. The molecule has 1 saturated carbocycles. The van der Waals surface area contributed by atoms with Crippen LogP contribution in [0.25, 0.3) is 0 Å². The molecule has 1 aliphatic rings. The molecule has 0 spiro atoms. The van der Waals surface area contributed by atoms with E-state index < -0.39 is 0 Å². The average Bonchev–Trinajstić information content (AvgIpc) is 2.74.